The van der Waals surface area contributed by atoms with Gasteiger partial charge in [-0.3, -0.25) is 9.89 Å². The van der Waals surface area contributed by atoms with Gasteiger partial charge in [0, 0.05) is 5.56 Å². The molecule has 2 aromatic rings. The highest BCUT2D eigenvalue weighted by molar-refractivity contribution is 8.15. The Kier molecular flexibility index (Phi) is 3.90. The summed E-state index contributed by atoms with van der Waals surface area (Å²) in [7, 11) is 4.24. The van der Waals surface area contributed by atoms with Crippen LogP contribution in [0.2, 0.25) is 0 Å². The van der Waals surface area contributed by atoms with Gasteiger partial charge in [-0.1, -0.05) is 72.4 Å². The molecular formula is C17H18N2S. The van der Waals surface area contributed by atoms with Crippen molar-refractivity contribution in [3.05, 3.63) is 71.8 Å². The summed E-state index contributed by atoms with van der Waals surface area (Å²) in [5.74, 6) is 0. The van der Waals surface area contributed by atoms with Crippen molar-refractivity contribution in [1.29, 1.82) is 0 Å². The van der Waals surface area contributed by atoms with E-state index in [1.807, 2.05) is 17.8 Å². The fourth-order valence-electron chi connectivity index (χ4n) is 2.40. The van der Waals surface area contributed by atoms with Gasteiger partial charge in [0.05, 0.1) is 5.37 Å². The molecule has 0 N–H and O–H groups in total. The minimum atomic E-state index is 0.200. The summed E-state index contributed by atoms with van der Waals surface area (Å²) in [6.07, 6.45) is 0. The molecule has 3 rings (SSSR count). The summed E-state index contributed by atoms with van der Waals surface area (Å²) in [4.78, 5) is 7.22. The van der Waals surface area contributed by atoms with E-state index >= 15 is 0 Å². The van der Waals surface area contributed by atoms with Gasteiger partial charge in [-0.25, -0.2) is 0 Å². The van der Waals surface area contributed by atoms with E-state index in [1.54, 1.807) is 0 Å². The van der Waals surface area contributed by atoms with Crippen LogP contribution in [0, 0.1) is 0 Å². The molecular weight excluding hydrogens is 264 g/mol. The molecule has 2 atom stereocenters. The zero-order chi connectivity index (χ0) is 13.9. The molecule has 0 unspecified atom stereocenters. The van der Waals surface area contributed by atoms with Crippen LogP contribution in [0.4, 0.5) is 0 Å². The average Bonchev–Trinajstić information content (AvgIpc) is 2.94. The Balaban J connectivity index is 1.96. The zero-order valence-electron chi connectivity index (χ0n) is 11.7. The molecule has 2 nitrogen and oxygen atoms in total. The lowest BCUT2D eigenvalue weighted by Gasteiger charge is -2.24. The van der Waals surface area contributed by atoms with Gasteiger partial charge in [0.25, 0.3) is 0 Å². The van der Waals surface area contributed by atoms with Gasteiger partial charge in [0.1, 0.15) is 11.1 Å². The number of nitrogens with zero attached hydrogens (tertiary/aromatic N) is 2. The van der Waals surface area contributed by atoms with Crippen molar-refractivity contribution in [2.75, 3.05) is 14.1 Å². The highest BCUT2D eigenvalue weighted by Crippen LogP contribution is 2.40. The highest BCUT2D eigenvalue weighted by Gasteiger charge is 2.33. The second kappa shape index (κ2) is 5.81. The molecule has 2 aromatic carbocycles. The molecule has 0 radical (unpaired) electrons. The topological polar surface area (TPSA) is 15.6 Å². The summed E-state index contributed by atoms with van der Waals surface area (Å²) in [5.41, 5.74) is 2.49. The molecule has 0 aliphatic carbocycles. The van der Waals surface area contributed by atoms with Crippen molar-refractivity contribution >= 4 is 16.8 Å². The van der Waals surface area contributed by atoms with Crippen LogP contribution in [0.15, 0.2) is 65.7 Å². The van der Waals surface area contributed by atoms with E-state index in [0.29, 0.717) is 5.37 Å². The standard InChI is InChI=1S/C17H18N2S/c1-19(2)17-15(13-9-5-3-6-10-13)18-16(20-17)14-11-7-4-8-12-14/h3-12,15,17H,1-2H3/t15-,17+/m0/s1. The van der Waals surface area contributed by atoms with Gasteiger partial charge < -0.3 is 0 Å². The molecule has 20 heavy (non-hydrogen) atoms. The quantitative estimate of drug-likeness (QED) is 0.850. The van der Waals surface area contributed by atoms with Crippen LogP contribution >= 0.6 is 11.8 Å². The van der Waals surface area contributed by atoms with Gasteiger partial charge in [-0.2, -0.15) is 0 Å². The molecule has 1 heterocycles. The van der Waals surface area contributed by atoms with Crippen molar-refractivity contribution in [2.45, 2.75) is 11.4 Å². The normalized spacial score (nSPS) is 22.1. The van der Waals surface area contributed by atoms with Crippen LogP contribution in [-0.4, -0.2) is 29.4 Å². The molecule has 0 bridgehead atoms. The van der Waals surface area contributed by atoms with Crippen molar-refractivity contribution < 1.29 is 0 Å². The number of rotatable bonds is 3. The minimum absolute atomic E-state index is 0.200. The maximum atomic E-state index is 4.97. The van der Waals surface area contributed by atoms with Crippen LogP contribution in [-0.2, 0) is 0 Å². The van der Waals surface area contributed by atoms with Crippen LogP contribution in [0.5, 0.6) is 0 Å². The molecule has 0 aromatic heterocycles. The number of likely N-dealkylation sites (N-methyl/N-ethyl adjacent to an activating group) is 1. The lowest BCUT2D eigenvalue weighted by Crippen LogP contribution is -2.28. The fraction of sp³-hybridized carbons (Fsp3) is 0.235. The summed E-state index contributed by atoms with van der Waals surface area (Å²) in [6, 6.07) is 21.2. The predicted octanol–water partition coefficient (Wildman–Crippen LogP) is 3.81. The largest absolute Gasteiger partial charge is 0.295 e. The van der Waals surface area contributed by atoms with E-state index in [0.717, 1.165) is 5.04 Å². The van der Waals surface area contributed by atoms with Gasteiger partial charge in [0.2, 0.25) is 0 Å². The molecule has 3 heteroatoms. The number of thioether (sulfide) groups is 1. The minimum Gasteiger partial charge on any atom is -0.295 e. The summed E-state index contributed by atoms with van der Waals surface area (Å²) < 4.78 is 0. The Bertz CT molecular complexity index is 593. The van der Waals surface area contributed by atoms with Crippen molar-refractivity contribution in [1.82, 2.24) is 4.90 Å². The first-order valence-corrected chi connectivity index (χ1v) is 7.65. The monoisotopic (exact) mass is 282 g/mol. The van der Waals surface area contributed by atoms with Crippen LogP contribution in [0.25, 0.3) is 0 Å². The zero-order valence-corrected chi connectivity index (χ0v) is 12.5. The second-order valence-electron chi connectivity index (χ2n) is 5.13. The summed E-state index contributed by atoms with van der Waals surface area (Å²) in [6.45, 7) is 0. The van der Waals surface area contributed by atoms with Gasteiger partial charge in [-0.05, 0) is 19.7 Å². The van der Waals surface area contributed by atoms with Crippen LogP contribution < -0.4 is 0 Å². The van der Waals surface area contributed by atoms with E-state index < -0.39 is 0 Å². The number of hydrogen-bond acceptors (Lipinski definition) is 3. The van der Waals surface area contributed by atoms with Crippen molar-refractivity contribution in [3.63, 3.8) is 0 Å². The SMILES string of the molecule is CN(C)[C@@H]1SC(c2ccccc2)=N[C@H]1c1ccccc1. The molecule has 0 saturated heterocycles. The van der Waals surface area contributed by atoms with Gasteiger partial charge >= 0.3 is 0 Å². The lowest BCUT2D eigenvalue weighted by molar-refractivity contribution is 0.349. The van der Waals surface area contributed by atoms with E-state index in [2.05, 4.69) is 73.6 Å². The molecule has 0 fully saturated rings. The maximum absolute atomic E-state index is 4.97. The smallest absolute Gasteiger partial charge is 0.101 e. The van der Waals surface area contributed by atoms with Crippen molar-refractivity contribution in [2.24, 2.45) is 4.99 Å². The fourth-order valence-corrected chi connectivity index (χ4v) is 3.63. The van der Waals surface area contributed by atoms with E-state index in [-0.39, 0.29) is 6.04 Å². The Labute approximate surface area is 124 Å². The lowest BCUT2D eigenvalue weighted by atomic mass is 10.1. The first-order chi connectivity index (χ1) is 9.75. The van der Waals surface area contributed by atoms with Crippen LogP contribution in [0.3, 0.4) is 0 Å². The Morgan fingerprint density at radius 2 is 1.50 bits per heavy atom. The molecule has 1 aliphatic rings. The molecule has 1 aliphatic heterocycles. The third-order valence-corrected chi connectivity index (χ3v) is 4.91. The Hall–Kier alpha value is -1.58. The van der Waals surface area contributed by atoms with Gasteiger partial charge in [-0.15, -0.1) is 0 Å². The molecule has 0 spiro atoms. The molecule has 0 saturated carbocycles. The third-order valence-electron chi connectivity index (χ3n) is 3.43. The van der Waals surface area contributed by atoms with E-state index in [1.165, 1.54) is 11.1 Å². The van der Waals surface area contributed by atoms with Crippen molar-refractivity contribution in [3.8, 4) is 0 Å². The highest BCUT2D eigenvalue weighted by atomic mass is 32.2. The van der Waals surface area contributed by atoms with E-state index in [9.17, 15) is 0 Å². The third kappa shape index (κ3) is 2.65. The average molecular weight is 282 g/mol. The maximum Gasteiger partial charge on any atom is 0.101 e. The van der Waals surface area contributed by atoms with E-state index in [4.69, 9.17) is 4.99 Å². The number of benzene rings is 2. The summed E-state index contributed by atoms with van der Waals surface area (Å²) in [5, 5.41) is 1.49. The molecule has 102 valence electrons. The number of aliphatic imine (C=N–C) groups is 1. The van der Waals surface area contributed by atoms with Crippen LogP contribution in [0.1, 0.15) is 17.2 Å². The first kappa shape index (κ1) is 13.4. The second-order valence-corrected chi connectivity index (χ2v) is 6.23. The Morgan fingerprint density at radius 1 is 0.900 bits per heavy atom. The predicted molar refractivity (Wildman–Crippen MR) is 87.2 cm³/mol. The van der Waals surface area contributed by atoms with Gasteiger partial charge in [0.15, 0.2) is 0 Å². The Morgan fingerprint density at radius 3 is 2.10 bits per heavy atom. The first-order valence-electron chi connectivity index (χ1n) is 6.77. The summed E-state index contributed by atoms with van der Waals surface area (Å²) >= 11 is 1.85. The number of hydrogen-bond donors (Lipinski definition) is 0. The molecule has 0 amide bonds.